The van der Waals surface area contributed by atoms with Gasteiger partial charge in [0, 0.05) is 17.1 Å². The molecule has 17 heavy (non-hydrogen) atoms. The Morgan fingerprint density at radius 2 is 2.29 bits per heavy atom. The van der Waals surface area contributed by atoms with Crippen LogP contribution in [0, 0.1) is 12.3 Å². The molecule has 1 saturated carbocycles. The van der Waals surface area contributed by atoms with Crippen LogP contribution in [-0.2, 0) is 0 Å². The first-order valence-electron chi connectivity index (χ1n) is 6.64. The first-order valence-corrected chi connectivity index (χ1v) is 7.52. The zero-order chi connectivity index (χ0) is 12.5. The summed E-state index contributed by atoms with van der Waals surface area (Å²) in [6.45, 7) is 9.08. The van der Waals surface area contributed by atoms with E-state index in [1.165, 1.54) is 30.7 Å². The maximum Gasteiger partial charge on any atom is 0.110 e. The first-order chi connectivity index (χ1) is 7.96. The lowest BCUT2D eigenvalue weighted by Crippen LogP contribution is -2.38. The van der Waals surface area contributed by atoms with E-state index in [1.54, 1.807) is 11.3 Å². The first kappa shape index (κ1) is 13.0. The Morgan fingerprint density at radius 1 is 1.53 bits per heavy atom. The number of rotatable bonds is 3. The van der Waals surface area contributed by atoms with Crippen LogP contribution in [0.4, 0.5) is 0 Å². The fourth-order valence-electron chi connectivity index (χ4n) is 2.84. The molecule has 0 aromatic carbocycles. The Balaban J connectivity index is 1.92. The summed E-state index contributed by atoms with van der Waals surface area (Å²) in [6, 6.07) is 1.06. The molecule has 1 aliphatic rings. The van der Waals surface area contributed by atoms with Gasteiger partial charge in [0.1, 0.15) is 5.01 Å². The van der Waals surface area contributed by atoms with E-state index in [1.807, 2.05) is 0 Å². The van der Waals surface area contributed by atoms with Crippen molar-refractivity contribution in [3.05, 3.63) is 16.1 Å². The lowest BCUT2D eigenvalue weighted by Gasteiger charge is -2.36. The van der Waals surface area contributed by atoms with Crippen LogP contribution in [0.5, 0.6) is 0 Å². The van der Waals surface area contributed by atoms with Crippen LogP contribution < -0.4 is 5.32 Å². The molecule has 3 heteroatoms. The summed E-state index contributed by atoms with van der Waals surface area (Å²) in [5, 5.41) is 7.12. The molecule has 0 radical (unpaired) electrons. The van der Waals surface area contributed by atoms with Gasteiger partial charge in [-0.25, -0.2) is 4.98 Å². The molecule has 2 unspecified atom stereocenters. The molecule has 0 saturated heterocycles. The van der Waals surface area contributed by atoms with E-state index in [-0.39, 0.29) is 0 Å². The van der Waals surface area contributed by atoms with E-state index < -0.39 is 0 Å². The maximum atomic E-state index is 4.57. The summed E-state index contributed by atoms with van der Waals surface area (Å²) in [7, 11) is 0. The van der Waals surface area contributed by atoms with E-state index in [0.717, 1.165) is 5.69 Å². The molecule has 2 rings (SSSR count). The summed E-state index contributed by atoms with van der Waals surface area (Å²) in [5.41, 5.74) is 1.65. The van der Waals surface area contributed by atoms with Gasteiger partial charge in [-0.15, -0.1) is 11.3 Å². The van der Waals surface area contributed by atoms with Crippen molar-refractivity contribution >= 4 is 11.3 Å². The monoisotopic (exact) mass is 252 g/mol. The van der Waals surface area contributed by atoms with E-state index in [2.05, 4.69) is 43.4 Å². The van der Waals surface area contributed by atoms with Gasteiger partial charge in [0.25, 0.3) is 0 Å². The number of thiazole rings is 1. The van der Waals surface area contributed by atoms with Crippen molar-refractivity contribution in [3.63, 3.8) is 0 Å². The molecule has 0 bridgehead atoms. The minimum absolute atomic E-state index is 0.396. The number of aromatic nitrogens is 1. The molecular formula is C14H24N2S. The van der Waals surface area contributed by atoms with Crippen molar-refractivity contribution in [3.8, 4) is 0 Å². The van der Waals surface area contributed by atoms with Crippen molar-refractivity contribution in [1.82, 2.24) is 10.3 Å². The predicted molar refractivity (Wildman–Crippen MR) is 74.4 cm³/mol. The molecule has 1 aromatic heterocycles. The van der Waals surface area contributed by atoms with Crippen molar-refractivity contribution in [1.29, 1.82) is 0 Å². The highest BCUT2D eigenvalue weighted by Gasteiger charge is 2.28. The average Bonchev–Trinajstić information content (AvgIpc) is 2.63. The number of nitrogens with zero attached hydrogens (tertiary/aromatic N) is 1. The molecule has 1 fully saturated rings. The molecular weight excluding hydrogens is 228 g/mol. The Hall–Kier alpha value is -0.410. The van der Waals surface area contributed by atoms with Crippen LogP contribution in [0.1, 0.15) is 63.2 Å². The Kier molecular flexibility index (Phi) is 3.88. The number of hydrogen-bond acceptors (Lipinski definition) is 3. The highest BCUT2D eigenvalue weighted by Crippen LogP contribution is 2.36. The van der Waals surface area contributed by atoms with Gasteiger partial charge in [-0.1, -0.05) is 20.3 Å². The van der Waals surface area contributed by atoms with Gasteiger partial charge in [0.15, 0.2) is 0 Å². The molecule has 2 atom stereocenters. The topological polar surface area (TPSA) is 24.9 Å². The lowest BCUT2D eigenvalue weighted by molar-refractivity contribution is 0.191. The quantitative estimate of drug-likeness (QED) is 0.877. The van der Waals surface area contributed by atoms with E-state index in [4.69, 9.17) is 0 Å². The number of aryl methyl sites for hydroxylation is 1. The smallest absolute Gasteiger partial charge is 0.110 e. The minimum atomic E-state index is 0.396. The molecule has 0 aliphatic heterocycles. The van der Waals surface area contributed by atoms with Crippen LogP contribution >= 0.6 is 11.3 Å². The molecule has 0 amide bonds. The normalized spacial score (nSPS) is 25.8. The maximum absolute atomic E-state index is 4.57. The van der Waals surface area contributed by atoms with Gasteiger partial charge < -0.3 is 5.32 Å². The fraction of sp³-hybridized carbons (Fsp3) is 0.786. The van der Waals surface area contributed by atoms with Crippen molar-refractivity contribution in [2.45, 2.75) is 65.5 Å². The third-order valence-electron chi connectivity index (χ3n) is 3.70. The van der Waals surface area contributed by atoms with Gasteiger partial charge in [0.05, 0.1) is 6.04 Å². The average molecular weight is 252 g/mol. The van der Waals surface area contributed by atoms with Crippen LogP contribution in [-0.4, -0.2) is 11.0 Å². The van der Waals surface area contributed by atoms with E-state index in [0.29, 0.717) is 17.5 Å². The molecule has 2 nitrogen and oxygen atoms in total. The molecule has 1 aromatic rings. The fourth-order valence-corrected chi connectivity index (χ4v) is 3.65. The number of hydrogen-bond donors (Lipinski definition) is 1. The highest BCUT2D eigenvalue weighted by atomic mass is 32.1. The molecule has 1 aliphatic carbocycles. The minimum Gasteiger partial charge on any atom is -0.305 e. The van der Waals surface area contributed by atoms with Crippen molar-refractivity contribution < 1.29 is 0 Å². The zero-order valence-corrected chi connectivity index (χ0v) is 12.2. The molecule has 1 heterocycles. The summed E-state index contributed by atoms with van der Waals surface area (Å²) >= 11 is 1.77. The lowest BCUT2D eigenvalue weighted by atomic mass is 9.75. The Morgan fingerprint density at radius 3 is 2.88 bits per heavy atom. The van der Waals surface area contributed by atoms with Crippen LogP contribution in [0.3, 0.4) is 0 Å². The van der Waals surface area contributed by atoms with Crippen molar-refractivity contribution in [2.75, 3.05) is 0 Å². The summed E-state index contributed by atoms with van der Waals surface area (Å²) in [6.07, 6.45) is 5.34. The van der Waals surface area contributed by atoms with Gasteiger partial charge in [-0.05, 0) is 38.5 Å². The van der Waals surface area contributed by atoms with E-state index >= 15 is 0 Å². The Bertz CT molecular complexity index is 370. The highest BCUT2D eigenvalue weighted by molar-refractivity contribution is 7.09. The second-order valence-corrected chi connectivity index (χ2v) is 7.06. The standard InChI is InChI=1S/C14H24N2S/c1-10-9-17-13(15-10)11(2)16-12-6-5-7-14(3,4)8-12/h9,11-12,16H,5-8H2,1-4H3. The van der Waals surface area contributed by atoms with Crippen LogP contribution in [0.15, 0.2) is 5.38 Å². The largest absolute Gasteiger partial charge is 0.305 e. The molecule has 0 spiro atoms. The van der Waals surface area contributed by atoms with E-state index in [9.17, 15) is 0 Å². The van der Waals surface area contributed by atoms with Crippen molar-refractivity contribution in [2.24, 2.45) is 5.41 Å². The van der Waals surface area contributed by atoms with Gasteiger partial charge in [-0.3, -0.25) is 0 Å². The second kappa shape index (κ2) is 5.07. The van der Waals surface area contributed by atoms with Gasteiger partial charge in [0.2, 0.25) is 0 Å². The zero-order valence-electron chi connectivity index (χ0n) is 11.4. The molecule has 96 valence electrons. The third kappa shape index (κ3) is 3.52. The second-order valence-electron chi connectivity index (χ2n) is 6.17. The number of nitrogens with one attached hydrogen (secondary N) is 1. The summed E-state index contributed by atoms with van der Waals surface area (Å²) in [4.78, 5) is 4.57. The van der Waals surface area contributed by atoms with Gasteiger partial charge >= 0.3 is 0 Å². The predicted octanol–water partition coefficient (Wildman–Crippen LogP) is 4.07. The van der Waals surface area contributed by atoms with Gasteiger partial charge in [-0.2, -0.15) is 0 Å². The van der Waals surface area contributed by atoms with Crippen LogP contribution in [0.2, 0.25) is 0 Å². The summed E-state index contributed by atoms with van der Waals surface area (Å²) < 4.78 is 0. The third-order valence-corrected chi connectivity index (χ3v) is 4.84. The SMILES string of the molecule is Cc1csc(C(C)NC2CCCC(C)(C)C2)n1. The summed E-state index contributed by atoms with van der Waals surface area (Å²) in [5.74, 6) is 0. The van der Waals surface area contributed by atoms with Crippen LogP contribution in [0.25, 0.3) is 0 Å². The molecule has 1 N–H and O–H groups in total. The Labute approximate surface area is 109 Å².